The van der Waals surface area contributed by atoms with Gasteiger partial charge in [-0.05, 0) is 83.9 Å². The van der Waals surface area contributed by atoms with Crippen molar-refractivity contribution in [3.63, 3.8) is 0 Å². The van der Waals surface area contributed by atoms with Crippen LogP contribution in [0.2, 0.25) is 0 Å². The first kappa shape index (κ1) is 30.8. The zero-order chi connectivity index (χ0) is 34.7. The Balaban J connectivity index is 1.12. The number of para-hydroxylation sites is 2. The first-order chi connectivity index (χ1) is 25.8. The molecule has 0 unspecified atom stereocenters. The van der Waals surface area contributed by atoms with Crippen molar-refractivity contribution < 1.29 is 4.42 Å². The van der Waals surface area contributed by atoms with E-state index in [-0.39, 0.29) is 0 Å². The summed E-state index contributed by atoms with van der Waals surface area (Å²) >= 11 is 0. The van der Waals surface area contributed by atoms with E-state index in [9.17, 15) is 0 Å². The van der Waals surface area contributed by atoms with Crippen LogP contribution in [0.5, 0.6) is 0 Å². The van der Waals surface area contributed by atoms with Crippen molar-refractivity contribution in [2.75, 3.05) is 4.90 Å². The maximum Gasteiger partial charge on any atom is 0.248 e. The Labute approximate surface area is 301 Å². The van der Waals surface area contributed by atoms with Crippen molar-refractivity contribution in [2.45, 2.75) is 0 Å². The average Bonchev–Trinajstić information content (AvgIpc) is 3.73. The second-order valence-corrected chi connectivity index (χ2v) is 12.4. The molecule has 6 nitrogen and oxygen atoms in total. The lowest BCUT2D eigenvalue weighted by Gasteiger charge is -2.26. The van der Waals surface area contributed by atoms with Gasteiger partial charge in [0.05, 0.1) is 22.4 Å². The Hall–Kier alpha value is -7.18. The topological polar surface area (TPSA) is 67.9 Å². The van der Waals surface area contributed by atoms with E-state index in [2.05, 4.69) is 112 Å². The highest BCUT2D eigenvalue weighted by atomic mass is 16.4. The molecule has 0 aliphatic carbocycles. The van der Waals surface area contributed by atoms with Crippen molar-refractivity contribution in [1.29, 1.82) is 0 Å². The molecule has 0 atom stereocenters. The van der Waals surface area contributed by atoms with Crippen molar-refractivity contribution in [3.8, 4) is 56.6 Å². The van der Waals surface area contributed by atoms with Crippen molar-refractivity contribution in [3.05, 3.63) is 188 Å². The summed E-state index contributed by atoms with van der Waals surface area (Å²) in [5.41, 5.74) is 12.5. The maximum atomic E-state index is 6.07. The van der Waals surface area contributed by atoms with E-state index in [1.54, 1.807) is 0 Å². The van der Waals surface area contributed by atoms with Gasteiger partial charge in [-0.2, -0.15) is 0 Å². The number of rotatable bonds is 8. The minimum Gasteiger partial charge on any atom is -0.416 e. The van der Waals surface area contributed by atoms with Gasteiger partial charge >= 0.3 is 0 Å². The van der Waals surface area contributed by atoms with Crippen molar-refractivity contribution >= 4 is 28.1 Å². The molecule has 0 N–H and O–H groups in total. The van der Waals surface area contributed by atoms with Crippen LogP contribution in [-0.4, -0.2) is 20.2 Å². The molecule has 0 saturated heterocycles. The van der Waals surface area contributed by atoms with Crippen LogP contribution in [0.1, 0.15) is 0 Å². The average molecular weight is 670 g/mol. The highest BCUT2D eigenvalue weighted by Gasteiger charge is 2.18. The first-order valence-corrected chi connectivity index (χ1v) is 17.1. The SMILES string of the molecule is c1ccc(-c2cccc(N(c3ccc(-c4nnc(-c5ccccc5)o4)cc3)c3ccc(-c4nc5ccccc5nc4-c4ccccc4)cc3)c2)cc1. The molecule has 6 heteroatoms. The van der Waals surface area contributed by atoms with E-state index in [1.807, 2.05) is 91.0 Å². The third-order valence-corrected chi connectivity index (χ3v) is 9.05. The molecular formula is C46H31N5O. The molecule has 0 fully saturated rings. The minimum absolute atomic E-state index is 0.470. The molecule has 0 spiro atoms. The zero-order valence-corrected chi connectivity index (χ0v) is 28.0. The molecule has 246 valence electrons. The molecule has 9 rings (SSSR count). The molecule has 0 saturated carbocycles. The summed E-state index contributed by atoms with van der Waals surface area (Å²) in [7, 11) is 0. The summed E-state index contributed by atoms with van der Waals surface area (Å²) in [4.78, 5) is 12.5. The number of anilines is 3. The predicted octanol–water partition coefficient (Wildman–Crippen LogP) is 11.8. The summed E-state index contributed by atoms with van der Waals surface area (Å²) in [5, 5.41) is 8.64. The quantitative estimate of drug-likeness (QED) is 0.160. The third kappa shape index (κ3) is 6.10. The predicted molar refractivity (Wildman–Crippen MR) is 209 cm³/mol. The van der Waals surface area contributed by atoms with Crippen LogP contribution >= 0.6 is 0 Å². The molecule has 2 aromatic heterocycles. The lowest BCUT2D eigenvalue weighted by molar-refractivity contribution is 0.584. The molecule has 52 heavy (non-hydrogen) atoms. The number of benzene rings is 7. The number of hydrogen-bond acceptors (Lipinski definition) is 6. The molecule has 7 aromatic carbocycles. The van der Waals surface area contributed by atoms with Crippen LogP contribution in [0.25, 0.3) is 67.6 Å². The Morgan fingerprint density at radius 2 is 0.750 bits per heavy atom. The van der Waals surface area contributed by atoms with Crippen LogP contribution in [0.4, 0.5) is 17.1 Å². The molecule has 9 aromatic rings. The van der Waals surface area contributed by atoms with Gasteiger partial charge in [-0.1, -0.05) is 115 Å². The number of nitrogens with zero attached hydrogens (tertiary/aromatic N) is 5. The fourth-order valence-electron chi connectivity index (χ4n) is 6.46. The Morgan fingerprint density at radius 1 is 0.327 bits per heavy atom. The summed E-state index contributed by atoms with van der Waals surface area (Å²) in [6.45, 7) is 0. The largest absolute Gasteiger partial charge is 0.416 e. The van der Waals surface area contributed by atoms with Gasteiger partial charge in [-0.15, -0.1) is 10.2 Å². The van der Waals surface area contributed by atoms with Crippen molar-refractivity contribution in [2.24, 2.45) is 0 Å². The van der Waals surface area contributed by atoms with Crippen molar-refractivity contribution in [1.82, 2.24) is 20.2 Å². The third-order valence-electron chi connectivity index (χ3n) is 9.05. The monoisotopic (exact) mass is 669 g/mol. The van der Waals surface area contributed by atoms with Gasteiger partial charge in [0, 0.05) is 39.3 Å². The molecule has 0 aliphatic heterocycles. The summed E-state index contributed by atoms with van der Waals surface area (Å²) < 4.78 is 6.07. The smallest absolute Gasteiger partial charge is 0.248 e. The minimum atomic E-state index is 0.470. The highest BCUT2D eigenvalue weighted by Crippen LogP contribution is 2.39. The Bertz CT molecular complexity index is 2600. The van der Waals surface area contributed by atoms with Crippen LogP contribution in [0.15, 0.2) is 192 Å². The van der Waals surface area contributed by atoms with E-state index in [4.69, 9.17) is 14.4 Å². The number of hydrogen-bond donors (Lipinski definition) is 0. The molecular weight excluding hydrogens is 639 g/mol. The fraction of sp³-hybridized carbons (Fsp3) is 0. The van der Waals surface area contributed by atoms with Crippen LogP contribution < -0.4 is 4.90 Å². The number of aromatic nitrogens is 4. The lowest BCUT2D eigenvalue weighted by Crippen LogP contribution is -2.10. The van der Waals surface area contributed by atoms with Gasteiger partial charge in [0.2, 0.25) is 11.8 Å². The molecule has 0 bridgehead atoms. The standard InChI is InChI=1S/C46H31N5O/c1-4-13-32(14-5-1)37-19-12-20-40(31-37)51(39-29-25-36(26-30-39)46-50-49-45(52-46)35-17-8-3-9-18-35)38-27-23-34(24-28-38)44-43(33-15-6-2-7-16-33)47-41-21-10-11-22-42(41)48-44/h1-31H. The second kappa shape index (κ2) is 13.6. The normalized spacial score (nSPS) is 11.1. The maximum absolute atomic E-state index is 6.07. The second-order valence-electron chi connectivity index (χ2n) is 12.4. The summed E-state index contributed by atoms with van der Waals surface area (Å²) in [6.07, 6.45) is 0. The van der Waals surface area contributed by atoms with Gasteiger partial charge in [0.1, 0.15) is 0 Å². The van der Waals surface area contributed by atoms with Crippen LogP contribution in [0.3, 0.4) is 0 Å². The number of fused-ring (bicyclic) bond motifs is 1. The van der Waals surface area contributed by atoms with E-state index < -0.39 is 0 Å². The molecule has 2 heterocycles. The Kier molecular flexibility index (Phi) is 8.08. The Morgan fingerprint density at radius 3 is 1.31 bits per heavy atom. The van der Waals surface area contributed by atoms with E-state index in [0.29, 0.717) is 11.8 Å². The van der Waals surface area contributed by atoms with Gasteiger partial charge in [-0.3, -0.25) is 0 Å². The summed E-state index contributed by atoms with van der Waals surface area (Å²) in [5.74, 6) is 0.962. The summed E-state index contributed by atoms with van der Waals surface area (Å²) in [6, 6.07) is 63.9. The fourth-order valence-corrected chi connectivity index (χ4v) is 6.46. The van der Waals surface area contributed by atoms with Crippen LogP contribution in [0, 0.1) is 0 Å². The molecule has 0 amide bonds. The highest BCUT2D eigenvalue weighted by molar-refractivity contribution is 5.87. The first-order valence-electron chi connectivity index (χ1n) is 17.1. The molecule has 0 radical (unpaired) electrons. The lowest BCUT2D eigenvalue weighted by atomic mass is 10.0. The van der Waals surface area contributed by atoms with Gasteiger partial charge < -0.3 is 9.32 Å². The molecule has 0 aliphatic rings. The van der Waals surface area contributed by atoms with E-state index >= 15 is 0 Å². The van der Waals surface area contributed by atoms with E-state index in [1.165, 1.54) is 0 Å². The van der Waals surface area contributed by atoms with Gasteiger partial charge in [0.15, 0.2) is 0 Å². The van der Waals surface area contributed by atoms with Gasteiger partial charge in [0.25, 0.3) is 0 Å². The van der Waals surface area contributed by atoms with E-state index in [0.717, 1.165) is 72.9 Å². The zero-order valence-electron chi connectivity index (χ0n) is 28.0. The van der Waals surface area contributed by atoms with Crippen LogP contribution in [-0.2, 0) is 0 Å². The van der Waals surface area contributed by atoms with Gasteiger partial charge in [-0.25, -0.2) is 9.97 Å².